The van der Waals surface area contributed by atoms with Gasteiger partial charge >= 0.3 is 5.97 Å². The predicted octanol–water partition coefficient (Wildman–Crippen LogP) is 1.12. The van der Waals surface area contributed by atoms with Crippen molar-refractivity contribution >= 4 is 12.3 Å². The van der Waals surface area contributed by atoms with Gasteiger partial charge in [0.25, 0.3) is 0 Å². The summed E-state index contributed by atoms with van der Waals surface area (Å²) >= 11 is 0. The molecule has 0 aromatic carbocycles. The Bertz CT molecular complexity index is 379. The molecule has 2 rings (SSSR count). The third-order valence-electron chi connectivity index (χ3n) is 2.54. The standard InChI is InChI=1S/C9H10N2O3/c12-5-6-4-11(7-2-1-3-7)10-8(6)9(13)14/h4-5,7H,1-3H2,(H,13,14). The zero-order valence-corrected chi connectivity index (χ0v) is 7.51. The van der Waals surface area contributed by atoms with Crippen molar-refractivity contribution in [1.82, 2.24) is 9.78 Å². The van der Waals surface area contributed by atoms with Crippen LogP contribution in [0.25, 0.3) is 0 Å². The summed E-state index contributed by atoms with van der Waals surface area (Å²) in [5, 5.41) is 12.6. The van der Waals surface area contributed by atoms with E-state index in [-0.39, 0.29) is 17.3 Å². The quantitative estimate of drug-likeness (QED) is 0.732. The molecule has 14 heavy (non-hydrogen) atoms. The number of carboxylic acids is 1. The third-order valence-corrected chi connectivity index (χ3v) is 2.54. The molecule has 0 atom stereocenters. The van der Waals surface area contributed by atoms with Crippen molar-refractivity contribution in [3.8, 4) is 0 Å². The van der Waals surface area contributed by atoms with Crippen molar-refractivity contribution in [2.45, 2.75) is 25.3 Å². The van der Waals surface area contributed by atoms with Crippen LogP contribution in [0, 0.1) is 0 Å². The Labute approximate surface area is 80.3 Å². The topological polar surface area (TPSA) is 72.2 Å². The lowest BCUT2D eigenvalue weighted by Crippen LogP contribution is -2.17. The van der Waals surface area contributed by atoms with Crippen LogP contribution in [0.15, 0.2) is 6.20 Å². The summed E-state index contributed by atoms with van der Waals surface area (Å²) in [4.78, 5) is 21.2. The zero-order chi connectivity index (χ0) is 10.1. The molecule has 5 nitrogen and oxygen atoms in total. The molecule has 1 aliphatic rings. The fourth-order valence-corrected chi connectivity index (χ4v) is 1.50. The molecule has 1 aliphatic carbocycles. The van der Waals surface area contributed by atoms with Gasteiger partial charge < -0.3 is 5.11 Å². The number of carbonyl (C=O) groups excluding carboxylic acids is 1. The first-order chi connectivity index (χ1) is 6.72. The average Bonchev–Trinajstić information content (AvgIpc) is 2.45. The lowest BCUT2D eigenvalue weighted by atomic mass is 9.93. The monoisotopic (exact) mass is 194 g/mol. The normalized spacial score (nSPS) is 16.3. The number of aromatic carboxylic acids is 1. The van der Waals surface area contributed by atoms with Gasteiger partial charge in [-0.1, -0.05) is 0 Å². The smallest absolute Gasteiger partial charge is 0.357 e. The number of nitrogens with zero attached hydrogens (tertiary/aromatic N) is 2. The highest BCUT2D eigenvalue weighted by atomic mass is 16.4. The van der Waals surface area contributed by atoms with Crippen LogP contribution in [-0.4, -0.2) is 27.1 Å². The maximum Gasteiger partial charge on any atom is 0.357 e. The number of aldehydes is 1. The van der Waals surface area contributed by atoms with E-state index in [4.69, 9.17) is 5.11 Å². The van der Waals surface area contributed by atoms with Gasteiger partial charge in [0.1, 0.15) is 0 Å². The second-order valence-corrected chi connectivity index (χ2v) is 3.42. The first-order valence-corrected chi connectivity index (χ1v) is 4.50. The molecule has 5 heteroatoms. The van der Waals surface area contributed by atoms with Gasteiger partial charge in [-0.2, -0.15) is 5.10 Å². The molecule has 1 aromatic rings. The first-order valence-electron chi connectivity index (χ1n) is 4.50. The van der Waals surface area contributed by atoms with Crippen molar-refractivity contribution in [3.63, 3.8) is 0 Å². The summed E-state index contributed by atoms with van der Waals surface area (Å²) in [6.45, 7) is 0. The molecule has 74 valence electrons. The number of hydrogen-bond acceptors (Lipinski definition) is 3. The Hall–Kier alpha value is -1.65. The molecular formula is C9H10N2O3. The molecule has 0 bridgehead atoms. The highest BCUT2D eigenvalue weighted by molar-refractivity contribution is 5.95. The van der Waals surface area contributed by atoms with Crippen LogP contribution >= 0.6 is 0 Å². The maximum atomic E-state index is 10.7. The molecule has 1 N–H and O–H groups in total. The van der Waals surface area contributed by atoms with Crippen LogP contribution in [-0.2, 0) is 0 Å². The van der Waals surface area contributed by atoms with E-state index in [1.165, 1.54) is 6.20 Å². The Morgan fingerprint density at radius 2 is 2.36 bits per heavy atom. The number of aromatic nitrogens is 2. The van der Waals surface area contributed by atoms with Gasteiger partial charge in [0.15, 0.2) is 12.0 Å². The summed E-state index contributed by atoms with van der Waals surface area (Å²) in [5.41, 5.74) is 0.0105. The van der Waals surface area contributed by atoms with Gasteiger partial charge in [-0.15, -0.1) is 0 Å². The van der Waals surface area contributed by atoms with E-state index in [0.29, 0.717) is 6.29 Å². The van der Waals surface area contributed by atoms with Crippen LogP contribution in [0.1, 0.15) is 46.2 Å². The summed E-state index contributed by atoms with van der Waals surface area (Å²) in [7, 11) is 0. The number of carboxylic acid groups (broad SMARTS) is 1. The minimum absolute atomic E-state index is 0.146. The lowest BCUT2D eigenvalue weighted by molar-refractivity contribution is 0.0685. The molecule has 0 amide bonds. The first kappa shape index (κ1) is 8.93. The van der Waals surface area contributed by atoms with E-state index in [1.807, 2.05) is 0 Å². The molecule has 0 radical (unpaired) electrons. The molecular weight excluding hydrogens is 184 g/mol. The molecule has 1 saturated carbocycles. The summed E-state index contributed by atoms with van der Waals surface area (Å²) < 4.78 is 1.59. The summed E-state index contributed by atoms with van der Waals surface area (Å²) in [6.07, 6.45) is 5.22. The minimum atomic E-state index is -1.15. The lowest BCUT2D eigenvalue weighted by Gasteiger charge is -2.25. The SMILES string of the molecule is O=Cc1cn(C2CCC2)nc1C(=O)O. The van der Waals surface area contributed by atoms with E-state index in [2.05, 4.69) is 5.10 Å². The number of rotatable bonds is 3. The second kappa shape index (κ2) is 3.25. The highest BCUT2D eigenvalue weighted by Crippen LogP contribution is 2.31. The van der Waals surface area contributed by atoms with Crippen LogP contribution in [0.5, 0.6) is 0 Å². The summed E-state index contributed by atoms with van der Waals surface area (Å²) in [6, 6.07) is 0.279. The Kier molecular flexibility index (Phi) is 2.07. The van der Waals surface area contributed by atoms with Gasteiger partial charge in [0.2, 0.25) is 0 Å². The molecule has 0 aliphatic heterocycles. The fraction of sp³-hybridized carbons (Fsp3) is 0.444. The van der Waals surface area contributed by atoms with E-state index in [9.17, 15) is 9.59 Å². The van der Waals surface area contributed by atoms with E-state index >= 15 is 0 Å². The Balaban J connectivity index is 2.34. The molecule has 0 spiro atoms. The highest BCUT2D eigenvalue weighted by Gasteiger charge is 2.23. The average molecular weight is 194 g/mol. The van der Waals surface area contributed by atoms with Crippen molar-refractivity contribution in [2.24, 2.45) is 0 Å². The predicted molar refractivity (Wildman–Crippen MR) is 47.5 cm³/mol. The number of carbonyl (C=O) groups is 2. The molecule has 1 heterocycles. The van der Waals surface area contributed by atoms with Crippen molar-refractivity contribution in [3.05, 3.63) is 17.5 Å². The van der Waals surface area contributed by atoms with Gasteiger partial charge in [-0.25, -0.2) is 4.79 Å². The van der Waals surface area contributed by atoms with Crippen LogP contribution in [0.4, 0.5) is 0 Å². The van der Waals surface area contributed by atoms with Crippen molar-refractivity contribution in [2.75, 3.05) is 0 Å². The van der Waals surface area contributed by atoms with Crippen molar-refractivity contribution < 1.29 is 14.7 Å². The molecule has 1 fully saturated rings. The van der Waals surface area contributed by atoms with Gasteiger partial charge in [0, 0.05) is 6.20 Å². The van der Waals surface area contributed by atoms with Crippen molar-refractivity contribution in [1.29, 1.82) is 0 Å². The van der Waals surface area contributed by atoms with Gasteiger partial charge in [0.05, 0.1) is 11.6 Å². The van der Waals surface area contributed by atoms with E-state index < -0.39 is 5.97 Å². The molecule has 0 saturated heterocycles. The Morgan fingerprint density at radius 1 is 1.64 bits per heavy atom. The second-order valence-electron chi connectivity index (χ2n) is 3.42. The maximum absolute atomic E-state index is 10.7. The van der Waals surface area contributed by atoms with Gasteiger partial charge in [-0.05, 0) is 19.3 Å². The third kappa shape index (κ3) is 1.30. The van der Waals surface area contributed by atoms with Crippen LogP contribution < -0.4 is 0 Å². The number of hydrogen-bond donors (Lipinski definition) is 1. The Morgan fingerprint density at radius 3 is 2.71 bits per heavy atom. The van der Waals surface area contributed by atoms with E-state index in [1.54, 1.807) is 4.68 Å². The molecule has 1 aromatic heterocycles. The summed E-state index contributed by atoms with van der Waals surface area (Å²) in [5.74, 6) is -1.15. The fourth-order valence-electron chi connectivity index (χ4n) is 1.50. The van der Waals surface area contributed by atoms with Crippen LogP contribution in [0.2, 0.25) is 0 Å². The van der Waals surface area contributed by atoms with Crippen LogP contribution in [0.3, 0.4) is 0 Å². The van der Waals surface area contributed by atoms with Gasteiger partial charge in [-0.3, -0.25) is 9.48 Å². The molecule has 0 unspecified atom stereocenters. The minimum Gasteiger partial charge on any atom is -0.476 e. The van der Waals surface area contributed by atoms with E-state index in [0.717, 1.165) is 19.3 Å². The zero-order valence-electron chi connectivity index (χ0n) is 7.51. The largest absolute Gasteiger partial charge is 0.476 e.